The number of sulfonamides is 1. The van der Waals surface area contributed by atoms with Gasteiger partial charge in [-0.3, -0.25) is 0 Å². The van der Waals surface area contributed by atoms with Gasteiger partial charge >= 0.3 is 0 Å². The zero-order chi connectivity index (χ0) is 12.6. The average molecular weight is 383 g/mol. The Kier molecular flexibility index (Phi) is 3.97. The van der Waals surface area contributed by atoms with Crippen LogP contribution in [0.15, 0.2) is 32.0 Å². The van der Waals surface area contributed by atoms with Crippen molar-refractivity contribution >= 4 is 41.9 Å². The summed E-state index contributed by atoms with van der Waals surface area (Å²) in [6.45, 7) is 0.612. The van der Waals surface area contributed by atoms with Crippen LogP contribution in [-0.4, -0.2) is 26.3 Å². The molecule has 1 fully saturated rings. The van der Waals surface area contributed by atoms with Gasteiger partial charge in [0.15, 0.2) is 0 Å². The lowest BCUT2D eigenvalue weighted by Gasteiger charge is -2.17. The molecule has 94 valence electrons. The van der Waals surface area contributed by atoms with Crippen molar-refractivity contribution in [1.29, 1.82) is 0 Å². The molecule has 6 heteroatoms. The van der Waals surface area contributed by atoms with Crippen molar-refractivity contribution in [3.63, 3.8) is 0 Å². The number of nitrogens with zero attached hydrogens (tertiary/aromatic N) is 1. The van der Waals surface area contributed by atoms with E-state index >= 15 is 0 Å². The Labute approximate surface area is 119 Å². The van der Waals surface area contributed by atoms with Crippen molar-refractivity contribution in [3.05, 3.63) is 27.1 Å². The summed E-state index contributed by atoms with van der Waals surface area (Å²) >= 11 is 6.59. The summed E-state index contributed by atoms with van der Waals surface area (Å²) in [6, 6.07) is 5.18. The van der Waals surface area contributed by atoms with Crippen LogP contribution in [-0.2, 0) is 10.0 Å². The fraction of sp³-hybridized carbons (Fsp3) is 0.455. The van der Waals surface area contributed by atoms with Gasteiger partial charge in [0.2, 0.25) is 10.0 Å². The number of hydrogen-bond acceptors (Lipinski definition) is 2. The third-order valence-electron chi connectivity index (χ3n) is 2.79. The molecule has 0 aliphatic heterocycles. The molecule has 3 nitrogen and oxygen atoms in total. The molecule has 0 radical (unpaired) electrons. The molecule has 2 rings (SSSR count). The molecule has 0 heterocycles. The molecule has 0 aromatic heterocycles. The van der Waals surface area contributed by atoms with E-state index in [1.165, 1.54) is 4.31 Å². The Bertz CT molecular complexity index is 526. The van der Waals surface area contributed by atoms with Gasteiger partial charge in [0, 0.05) is 22.5 Å². The Morgan fingerprint density at radius 2 is 2.00 bits per heavy atom. The van der Waals surface area contributed by atoms with Gasteiger partial charge in [-0.25, -0.2) is 12.7 Å². The van der Waals surface area contributed by atoms with Crippen molar-refractivity contribution in [2.45, 2.75) is 17.7 Å². The second-order valence-electron chi connectivity index (χ2n) is 4.30. The quantitative estimate of drug-likeness (QED) is 0.801. The van der Waals surface area contributed by atoms with E-state index in [9.17, 15) is 8.42 Å². The zero-order valence-electron chi connectivity index (χ0n) is 9.36. The van der Waals surface area contributed by atoms with Crippen molar-refractivity contribution in [2.75, 3.05) is 13.6 Å². The van der Waals surface area contributed by atoms with Gasteiger partial charge in [-0.15, -0.1) is 0 Å². The molecule has 1 aliphatic carbocycles. The first-order chi connectivity index (χ1) is 7.91. The van der Waals surface area contributed by atoms with E-state index in [0.717, 1.165) is 17.3 Å². The third kappa shape index (κ3) is 3.10. The molecule has 0 unspecified atom stereocenters. The SMILES string of the molecule is CN(CC1CC1)S(=O)(=O)c1cc(Br)ccc1Br. The predicted molar refractivity (Wildman–Crippen MR) is 74.4 cm³/mol. The van der Waals surface area contributed by atoms with Gasteiger partial charge in [-0.1, -0.05) is 15.9 Å². The van der Waals surface area contributed by atoms with Crippen LogP contribution < -0.4 is 0 Å². The second kappa shape index (κ2) is 4.99. The van der Waals surface area contributed by atoms with Gasteiger partial charge < -0.3 is 0 Å². The fourth-order valence-electron chi connectivity index (χ4n) is 1.60. The van der Waals surface area contributed by atoms with Crippen LogP contribution in [0.4, 0.5) is 0 Å². The second-order valence-corrected chi connectivity index (χ2v) is 8.09. The van der Waals surface area contributed by atoms with Crippen LogP contribution in [0.1, 0.15) is 12.8 Å². The number of rotatable bonds is 4. The van der Waals surface area contributed by atoms with Crippen LogP contribution in [0.3, 0.4) is 0 Å². The van der Waals surface area contributed by atoms with Gasteiger partial charge in [-0.05, 0) is 52.9 Å². The van der Waals surface area contributed by atoms with Crippen LogP contribution in [0.25, 0.3) is 0 Å². The van der Waals surface area contributed by atoms with Gasteiger partial charge in [-0.2, -0.15) is 0 Å². The van der Waals surface area contributed by atoms with E-state index < -0.39 is 10.0 Å². The molecule has 0 atom stereocenters. The minimum Gasteiger partial charge on any atom is -0.207 e. The zero-order valence-corrected chi connectivity index (χ0v) is 13.3. The van der Waals surface area contributed by atoms with Crippen LogP contribution in [0.2, 0.25) is 0 Å². The Hall–Kier alpha value is 0.0900. The minimum absolute atomic E-state index is 0.315. The summed E-state index contributed by atoms with van der Waals surface area (Å²) in [5, 5.41) is 0. The van der Waals surface area contributed by atoms with E-state index in [0.29, 0.717) is 21.8 Å². The standard InChI is InChI=1S/C11H13Br2NO2S/c1-14(7-8-2-3-8)17(15,16)11-6-9(12)4-5-10(11)13/h4-6,8H,2-3,7H2,1H3. The highest BCUT2D eigenvalue weighted by Crippen LogP contribution is 2.33. The maximum absolute atomic E-state index is 12.3. The first kappa shape index (κ1) is 13.5. The summed E-state index contributed by atoms with van der Waals surface area (Å²) in [5.74, 6) is 0.542. The van der Waals surface area contributed by atoms with E-state index in [-0.39, 0.29) is 0 Å². The maximum Gasteiger partial charge on any atom is 0.243 e. The summed E-state index contributed by atoms with van der Waals surface area (Å²) in [5.41, 5.74) is 0. The number of hydrogen-bond donors (Lipinski definition) is 0. The lowest BCUT2D eigenvalue weighted by Crippen LogP contribution is -2.29. The molecule has 1 aliphatic rings. The van der Waals surface area contributed by atoms with E-state index in [1.807, 2.05) is 6.07 Å². The van der Waals surface area contributed by atoms with E-state index in [4.69, 9.17) is 0 Å². The van der Waals surface area contributed by atoms with Crippen molar-refractivity contribution < 1.29 is 8.42 Å². The molecule has 17 heavy (non-hydrogen) atoms. The van der Waals surface area contributed by atoms with Crippen molar-refractivity contribution in [2.24, 2.45) is 5.92 Å². The molecule has 0 bridgehead atoms. The number of benzene rings is 1. The molecule has 0 spiro atoms. The van der Waals surface area contributed by atoms with Crippen LogP contribution in [0.5, 0.6) is 0 Å². The van der Waals surface area contributed by atoms with Gasteiger partial charge in [0.05, 0.1) is 4.90 Å². The highest BCUT2D eigenvalue weighted by Gasteiger charge is 2.30. The first-order valence-corrected chi connectivity index (χ1v) is 8.35. The summed E-state index contributed by atoms with van der Waals surface area (Å²) < 4.78 is 27.5. The molecule has 0 amide bonds. The molecular weight excluding hydrogens is 370 g/mol. The third-order valence-corrected chi connectivity index (χ3v) is 6.10. The molecule has 1 aromatic carbocycles. The molecule has 0 saturated heterocycles. The Balaban J connectivity index is 2.32. The monoisotopic (exact) mass is 381 g/mol. The summed E-state index contributed by atoms with van der Waals surface area (Å²) in [4.78, 5) is 0.315. The fourth-order valence-corrected chi connectivity index (χ4v) is 4.31. The normalized spacial score (nSPS) is 16.5. The minimum atomic E-state index is -3.39. The average Bonchev–Trinajstić information content (AvgIpc) is 3.05. The molecule has 0 N–H and O–H groups in total. The van der Waals surface area contributed by atoms with Crippen molar-refractivity contribution in [3.8, 4) is 0 Å². The summed E-state index contributed by atoms with van der Waals surface area (Å²) in [7, 11) is -1.75. The Morgan fingerprint density at radius 3 is 2.59 bits per heavy atom. The molecule has 1 aromatic rings. The number of halogens is 2. The molecular formula is C11H13Br2NO2S. The largest absolute Gasteiger partial charge is 0.243 e. The highest BCUT2D eigenvalue weighted by molar-refractivity contribution is 9.11. The molecule has 1 saturated carbocycles. The van der Waals surface area contributed by atoms with E-state index in [2.05, 4.69) is 31.9 Å². The smallest absolute Gasteiger partial charge is 0.207 e. The predicted octanol–water partition coefficient (Wildman–Crippen LogP) is 3.24. The highest BCUT2D eigenvalue weighted by atomic mass is 79.9. The van der Waals surface area contributed by atoms with Gasteiger partial charge in [0.1, 0.15) is 0 Å². The maximum atomic E-state index is 12.3. The Morgan fingerprint density at radius 1 is 1.35 bits per heavy atom. The van der Waals surface area contributed by atoms with E-state index in [1.54, 1.807) is 19.2 Å². The lowest BCUT2D eigenvalue weighted by molar-refractivity contribution is 0.452. The first-order valence-electron chi connectivity index (χ1n) is 5.32. The lowest BCUT2D eigenvalue weighted by atomic mass is 10.4. The van der Waals surface area contributed by atoms with Crippen LogP contribution in [0, 0.1) is 5.92 Å². The summed E-state index contributed by atoms with van der Waals surface area (Å²) in [6.07, 6.45) is 2.28. The van der Waals surface area contributed by atoms with Crippen molar-refractivity contribution in [1.82, 2.24) is 4.31 Å². The van der Waals surface area contributed by atoms with Gasteiger partial charge in [0.25, 0.3) is 0 Å². The topological polar surface area (TPSA) is 37.4 Å². The van der Waals surface area contributed by atoms with Crippen LogP contribution >= 0.6 is 31.9 Å².